The lowest BCUT2D eigenvalue weighted by molar-refractivity contribution is -0.129. The highest BCUT2D eigenvalue weighted by Gasteiger charge is 2.44. The predicted octanol–water partition coefficient (Wildman–Crippen LogP) is 2.18. The number of nitrogens with one attached hydrogen (secondary N) is 1. The van der Waals surface area contributed by atoms with Gasteiger partial charge in [-0.25, -0.2) is 0 Å². The van der Waals surface area contributed by atoms with Crippen molar-refractivity contribution in [3.8, 4) is 0 Å². The number of hydrogen-bond acceptors (Lipinski definition) is 3. The molecule has 2 atom stereocenters. The smallest absolute Gasteiger partial charge is 0.226 e. The average molecular weight is 337 g/mol. The summed E-state index contributed by atoms with van der Waals surface area (Å²) in [6, 6.07) is 6.94. The van der Waals surface area contributed by atoms with Gasteiger partial charge in [0.1, 0.15) is 0 Å². The van der Waals surface area contributed by atoms with Crippen LogP contribution in [-0.2, 0) is 14.3 Å². The summed E-state index contributed by atoms with van der Waals surface area (Å²) in [4.78, 5) is 26.5. The van der Waals surface area contributed by atoms with Crippen molar-refractivity contribution in [2.24, 2.45) is 5.92 Å². The molecule has 1 fully saturated rings. The van der Waals surface area contributed by atoms with Gasteiger partial charge in [0.25, 0.3) is 0 Å². The standard InChI is InChI=1S/C17H21ClN2O3/c1-3-8-19-17(22)13-11-15(21)20(9-10-23-2)16(13)12-6-4-5-7-14(12)18/h3-7,13,16H,1,8-11H2,2H3,(H,19,22)/t13-,16+/m1/s1. The molecule has 0 saturated carbocycles. The summed E-state index contributed by atoms with van der Waals surface area (Å²) < 4.78 is 5.09. The zero-order valence-electron chi connectivity index (χ0n) is 13.1. The van der Waals surface area contributed by atoms with Crippen molar-refractivity contribution in [3.05, 3.63) is 47.5 Å². The molecular formula is C17H21ClN2O3. The van der Waals surface area contributed by atoms with Crippen molar-refractivity contribution in [1.29, 1.82) is 0 Å². The fourth-order valence-electron chi connectivity index (χ4n) is 2.88. The lowest BCUT2D eigenvalue weighted by Crippen LogP contribution is -2.37. The van der Waals surface area contributed by atoms with Gasteiger partial charge in [0.05, 0.1) is 18.6 Å². The predicted molar refractivity (Wildman–Crippen MR) is 89.1 cm³/mol. The zero-order valence-corrected chi connectivity index (χ0v) is 13.9. The average Bonchev–Trinajstić information content (AvgIpc) is 2.87. The zero-order chi connectivity index (χ0) is 16.8. The fourth-order valence-corrected chi connectivity index (χ4v) is 3.13. The first kappa shape index (κ1) is 17.5. The van der Waals surface area contributed by atoms with E-state index in [0.29, 0.717) is 24.7 Å². The summed E-state index contributed by atoms with van der Waals surface area (Å²) in [5.74, 6) is -0.701. The number of nitrogens with zero attached hydrogens (tertiary/aromatic N) is 1. The summed E-state index contributed by atoms with van der Waals surface area (Å²) in [5, 5.41) is 3.33. The highest BCUT2D eigenvalue weighted by molar-refractivity contribution is 6.31. The molecule has 1 heterocycles. The molecule has 2 amide bonds. The lowest BCUT2D eigenvalue weighted by atomic mass is 9.92. The number of hydrogen-bond donors (Lipinski definition) is 1. The van der Waals surface area contributed by atoms with Gasteiger partial charge in [-0.15, -0.1) is 6.58 Å². The topological polar surface area (TPSA) is 58.6 Å². The summed E-state index contributed by atoms with van der Waals surface area (Å²) in [6.07, 6.45) is 1.78. The lowest BCUT2D eigenvalue weighted by Gasteiger charge is -2.28. The van der Waals surface area contributed by atoms with Crippen LogP contribution in [0.1, 0.15) is 18.0 Å². The molecule has 0 spiro atoms. The molecule has 0 unspecified atom stereocenters. The monoisotopic (exact) mass is 336 g/mol. The van der Waals surface area contributed by atoms with Crippen molar-refractivity contribution in [2.45, 2.75) is 12.5 Å². The van der Waals surface area contributed by atoms with Gasteiger partial charge in [-0.05, 0) is 11.6 Å². The van der Waals surface area contributed by atoms with Gasteiger partial charge in [-0.3, -0.25) is 9.59 Å². The van der Waals surface area contributed by atoms with E-state index in [0.717, 1.165) is 5.56 Å². The molecule has 1 aromatic rings. The quantitative estimate of drug-likeness (QED) is 0.776. The Morgan fingerprint density at radius 1 is 1.52 bits per heavy atom. The first-order valence-corrected chi connectivity index (χ1v) is 7.89. The van der Waals surface area contributed by atoms with Gasteiger partial charge < -0.3 is 15.0 Å². The number of rotatable bonds is 7. The van der Waals surface area contributed by atoms with Crippen molar-refractivity contribution in [2.75, 3.05) is 26.8 Å². The first-order chi connectivity index (χ1) is 11.1. The largest absolute Gasteiger partial charge is 0.383 e. The minimum Gasteiger partial charge on any atom is -0.383 e. The summed E-state index contributed by atoms with van der Waals surface area (Å²) in [5.41, 5.74) is 0.787. The number of ether oxygens (including phenoxy) is 1. The van der Waals surface area contributed by atoms with E-state index in [4.69, 9.17) is 16.3 Å². The highest BCUT2D eigenvalue weighted by atomic mass is 35.5. The minimum absolute atomic E-state index is 0.0641. The minimum atomic E-state index is -0.473. The second-order valence-electron chi connectivity index (χ2n) is 5.39. The molecule has 0 aliphatic carbocycles. The molecule has 5 nitrogen and oxygen atoms in total. The van der Waals surface area contributed by atoms with Crippen molar-refractivity contribution in [1.82, 2.24) is 10.2 Å². The van der Waals surface area contributed by atoms with Gasteiger partial charge in [0.2, 0.25) is 11.8 Å². The van der Waals surface area contributed by atoms with Crippen LogP contribution in [0, 0.1) is 5.92 Å². The van der Waals surface area contributed by atoms with Crippen LogP contribution in [0.15, 0.2) is 36.9 Å². The number of carbonyl (C=O) groups is 2. The van der Waals surface area contributed by atoms with Crippen LogP contribution in [0.4, 0.5) is 0 Å². The van der Waals surface area contributed by atoms with E-state index in [9.17, 15) is 9.59 Å². The molecule has 6 heteroatoms. The van der Waals surface area contributed by atoms with Gasteiger partial charge in [0.15, 0.2) is 0 Å². The van der Waals surface area contributed by atoms with Crippen molar-refractivity contribution in [3.63, 3.8) is 0 Å². The van der Waals surface area contributed by atoms with Crippen LogP contribution in [0.2, 0.25) is 5.02 Å². The Morgan fingerprint density at radius 3 is 2.91 bits per heavy atom. The Balaban J connectivity index is 2.33. The molecular weight excluding hydrogens is 316 g/mol. The molecule has 1 N–H and O–H groups in total. The van der Waals surface area contributed by atoms with Crippen LogP contribution in [0.25, 0.3) is 0 Å². The first-order valence-electron chi connectivity index (χ1n) is 7.51. The third kappa shape index (κ3) is 3.92. The van der Waals surface area contributed by atoms with E-state index in [1.807, 2.05) is 18.2 Å². The number of amides is 2. The SMILES string of the molecule is C=CCNC(=O)[C@@H]1CC(=O)N(CCOC)[C@H]1c1ccccc1Cl. The van der Waals surface area contributed by atoms with Crippen molar-refractivity contribution >= 4 is 23.4 Å². The molecule has 1 aromatic carbocycles. The molecule has 2 rings (SSSR count). The number of likely N-dealkylation sites (tertiary alicyclic amines) is 1. The normalized spacial score (nSPS) is 20.6. The van der Waals surface area contributed by atoms with Gasteiger partial charge in [-0.2, -0.15) is 0 Å². The maximum Gasteiger partial charge on any atom is 0.226 e. The second kappa shape index (κ2) is 8.13. The molecule has 1 aliphatic heterocycles. The summed E-state index contributed by atoms with van der Waals surface area (Å²) in [7, 11) is 1.58. The molecule has 0 aromatic heterocycles. The Kier molecular flexibility index (Phi) is 6.19. The molecule has 1 aliphatic rings. The van der Waals surface area contributed by atoms with E-state index < -0.39 is 5.92 Å². The maximum atomic E-state index is 12.5. The molecule has 23 heavy (non-hydrogen) atoms. The van der Waals surface area contributed by atoms with E-state index in [-0.39, 0.29) is 24.3 Å². The van der Waals surface area contributed by atoms with Crippen LogP contribution < -0.4 is 5.32 Å². The molecule has 124 valence electrons. The van der Waals surface area contributed by atoms with Gasteiger partial charge >= 0.3 is 0 Å². The van der Waals surface area contributed by atoms with E-state index in [1.54, 1.807) is 24.2 Å². The Morgan fingerprint density at radius 2 is 2.26 bits per heavy atom. The number of methoxy groups -OCH3 is 1. The Bertz CT molecular complexity index is 591. The Hall–Kier alpha value is -1.85. The number of carbonyl (C=O) groups excluding carboxylic acids is 2. The third-order valence-electron chi connectivity index (χ3n) is 3.95. The summed E-state index contributed by atoms with van der Waals surface area (Å²) in [6.45, 7) is 4.80. The number of halogens is 1. The Labute approximate surface area is 141 Å². The summed E-state index contributed by atoms with van der Waals surface area (Å²) >= 11 is 6.31. The highest BCUT2D eigenvalue weighted by Crippen LogP contribution is 2.40. The molecule has 0 radical (unpaired) electrons. The molecule has 1 saturated heterocycles. The maximum absolute atomic E-state index is 12.5. The number of benzene rings is 1. The van der Waals surface area contributed by atoms with Crippen LogP contribution in [-0.4, -0.2) is 43.5 Å². The third-order valence-corrected chi connectivity index (χ3v) is 4.29. The fraction of sp³-hybridized carbons (Fsp3) is 0.412. The second-order valence-corrected chi connectivity index (χ2v) is 5.80. The van der Waals surface area contributed by atoms with E-state index >= 15 is 0 Å². The van der Waals surface area contributed by atoms with Crippen LogP contribution in [0.5, 0.6) is 0 Å². The van der Waals surface area contributed by atoms with E-state index in [1.165, 1.54) is 0 Å². The van der Waals surface area contributed by atoms with Crippen molar-refractivity contribution < 1.29 is 14.3 Å². The van der Waals surface area contributed by atoms with Crippen LogP contribution in [0.3, 0.4) is 0 Å². The van der Waals surface area contributed by atoms with E-state index in [2.05, 4.69) is 11.9 Å². The van der Waals surface area contributed by atoms with Gasteiger partial charge in [0, 0.05) is 31.6 Å². The van der Waals surface area contributed by atoms with Crippen LogP contribution >= 0.6 is 11.6 Å². The van der Waals surface area contributed by atoms with Gasteiger partial charge in [-0.1, -0.05) is 35.9 Å². The molecule has 0 bridgehead atoms.